The van der Waals surface area contributed by atoms with Crippen molar-refractivity contribution < 1.29 is 14.9 Å². The number of hydrogen-bond acceptors (Lipinski definition) is 3. The van der Waals surface area contributed by atoms with E-state index in [9.17, 15) is 5.11 Å². The predicted octanol–water partition coefficient (Wildman–Crippen LogP) is 0.687. The van der Waals surface area contributed by atoms with Gasteiger partial charge >= 0.3 is 0 Å². The molecule has 1 unspecified atom stereocenters. The molecule has 0 saturated carbocycles. The van der Waals surface area contributed by atoms with Crippen LogP contribution in [-0.4, -0.2) is 35.1 Å². The summed E-state index contributed by atoms with van der Waals surface area (Å²) in [7, 11) is 0. The van der Waals surface area contributed by atoms with Crippen molar-refractivity contribution in [2.24, 2.45) is 0 Å². The van der Waals surface area contributed by atoms with Crippen LogP contribution in [0.25, 0.3) is 0 Å². The molecule has 0 radical (unpaired) electrons. The summed E-state index contributed by atoms with van der Waals surface area (Å²) in [6.07, 6.45) is 3.07. The first-order chi connectivity index (χ1) is 5.76. The van der Waals surface area contributed by atoms with Crippen LogP contribution < -0.4 is 0 Å². The van der Waals surface area contributed by atoms with Crippen LogP contribution in [0.4, 0.5) is 0 Å². The van der Waals surface area contributed by atoms with E-state index in [4.69, 9.17) is 9.84 Å². The van der Waals surface area contributed by atoms with Gasteiger partial charge in [0.1, 0.15) is 0 Å². The normalized spacial score (nSPS) is 36.8. The predicted molar refractivity (Wildman–Crippen MR) is 45.9 cm³/mol. The Morgan fingerprint density at radius 2 is 2.00 bits per heavy atom. The quantitative estimate of drug-likeness (QED) is 0.661. The second-order valence-corrected chi connectivity index (χ2v) is 3.48. The summed E-state index contributed by atoms with van der Waals surface area (Å²) < 4.78 is 5.54. The van der Waals surface area contributed by atoms with E-state index in [-0.39, 0.29) is 24.9 Å². The summed E-state index contributed by atoms with van der Waals surface area (Å²) in [5.74, 6) is 0. The van der Waals surface area contributed by atoms with Crippen molar-refractivity contribution in [1.82, 2.24) is 0 Å². The minimum Gasteiger partial charge on any atom is -0.394 e. The van der Waals surface area contributed by atoms with E-state index in [1.54, 1.807) is 0 Å². The Hall–Kier alpha value is -0.120. The van der Waals surface area contributed by atoms with Crippen molar-refractivity contribution in [2.75, 3.05) is 6.61 Å². The van der Waals surface area contributed by atoms with Crippen LogP contribution in [0, 0.1) is 0 Å². The topological polar surface area (TPSA) is 49.7 Å². The van der Waals surface area contributed by atoms with Gasteiger partial charge in [0.15, 0.2) is 0 Å². The molecule has 1 aliphatic rings. The molecule has 0 spiro atoms. The number of hydrogen-bond donors (Lipinski definition) is 2. The SMILES string of the molecule is CCCC1C[C@@H](O)C[C@@H](CO)O1. The highest BCUT2D eigenvalue weighted by Gasteiger charge is 2.26. The monoisotopic (exact) mass is 174 g/mol. The third kappa shape index (κ3) is 2.73. The lowest BCUT2D eigenvalue weighted by atomic mass is 9.99. The van der Waals surface area contributed by atoms with Gasteiger partial charge in [0, 0.05) is 6.42 Å². The molecule has 1 saturated heterocycles. The zero-order chi connectivity index (χ0) is 8.97. The number of aliphatic hydroxyl groups excluding tert-OH is 2. The average Bonchev–Trinajstić information content (AvgIpc) is 2.04. The first-order valence-corrected chi connectivity index (χ1v) is 4.70. The molecular weight excluding hydrogens is 156 g/mol. The van der Waals surface area contributed by atoms with E-state index < -0.39 is 0 Å². The minimum absolute atomic E-state index is 0.0251. The van der Waals surface area contributed by atoms with E-state index in [2.05, 4.69) is 6.92 Å². The molecule has 0 amide bonds. The molecule has 0 aromatic rings. The first kappa shape index (κ1) is 9.96. The smallest absolute Gasteiger partial charge is 0.0834 e. The highest BCUT2D eigenvalue weighted by molar-refractivity contribution is 4.76. The molecule has 1 fully saturated rings. The maximum atomic E-state index is 9.42. The second-order valence-electron chi connectivity index (χ2n) is 3.48. The Morgan fingerprint density at radius 1 is 1.33 bits per heavy atom. The fourth-order valence-corrected chi connectivity index (χ4v) is 1.71. The molecule has 12 heavy (non-hydrogen) atoms. The van der Waals surface area contributed by atoms with Gasteiger partial charge in [-0.2, -0.15) is 0 Å². The van der Waals surface area contributed by atoms with E-state index in [1.807, 2.05) is 0 Å². The minimum atomic E-state index is -0.285. The Morgan fingerprint density at radius 3 is 2.58 bits per heavy atom. The first-order valence-electron chi connectivity index (χ1n) is 4.70. The molecule has 3 heteroatoms. The van der Waals surface area contributed by atoms with Crippen molar-refractivity contribution in [3.05, 3.63) is 0 Å². The van der Waals surface area contributed by atoms with E-state index in [0.717, 1.165) is 19.3 Å². The fourth-order valence-electron chi connectivity index (χ4n) is 1.71. The molecule has 1 rings (SSSR count). The Balaban J connectivity index is 2.34. The molecule has 72 valence electrons. The second kappa shape index (κ2) is 4.80. The van der Waals surface area contributed by atoms with Crippen molar-refractivity contribution in [1.29, 1.82) is 0 Å². The van der Waals surface area contributed by atoms with Crippen LogP contribution in [0.1, 0.15) is 32.6 Å². The Labute approximate surface area is 73.4 Å². The molecule has 0 aromatic carbocycles. The molecule has 3 nitrogen and oxygen atoms in total. The zero-order valence-corrected chi connectivity index (χ0v) is 7.57. The van der Waals surface area contributed by atoms with Crippen molar-refractivity contribution in [3.8, 4) is 0 Å². The number of aliphatic hydroxyl groups is 2. The molecule has 3 atom stereocenters. The van der Waals surface area contributed by atoms with Crippen LogP contribution in [-0.2, 0) is 4.74 Å². The van der Waals surface area contributed by atoms with Crippen LogP contribution >= 0.6 is 0 Å². The van der Waals surface area contributed by atoms with Gasteiger partial charge in [-0.05, 0) is 12.8 Å². The number of ether oxygens (including phenoxy) is 1. The molecule has 0 bridgehead atoms. The van der Waals surface area contributed by atoms with Gasteiger partial charge in [0.2, 0.25) is 0 Å². The van der Waals surface area contributed by atoms with Gasteiger partial charge in [-0.3, -0.25) is 0 Å². The van der Waals surface area contributed by atoms with Gasteiger partial charge in [0.25, 0.3) is 0 Å². The lowest BCUT2D eigenvalue weighted by Crippen LogP contribution is -2.37. The molecule has 2 N–H and O–H groups in total. The van der Waals surface area contributed by atoms with Gasteiger partial charge in [0.05, 0.1) is 24.9 Å². The van der Waals surface area contributed by atoms with Crippen LogP contribution in [0.3, 0.4) is 0 Å². The summed E-state index contributed by atoms with van der Waals surface area (Å²) in [6.45, 7) is 2.12. The highest BCUT2D eigenvalue weighted by atomic mass is 16.5. The lowest BCUT2D eigenvalue weighted by molar-refractivity contribution is -0.113. The van der Waals surface area contributed by atoms with Gasteiger partial charge < -0.3 is 14.9 Å². The summed E-state index contributed by atoms with van der Waals surface area (Å²) in [5, 5.41) is 18.3. The molecule has 0 aromatic heterocycles. The highest BCUT2D eigenvalue weighted by Crippen LogP contribution is 2.22. The zero-order valence-electron chi connectivity index (χ0n) is 7.57. The average molecular weight is 174 g/mol. The molecule has 0 aliphatic carbocycles. The van der Waals surface area contributed by atoms with E-state index >= 15 is 0 Å². The lowest BCUT2D eigenvalue weighted by Gasteiger charge is -2.32. The van der Waals surface area contributed by atoms with Crippen molar-refractivity contribution in [3.63, 3.8) is 0 Å². The standard InChI is InChI=1S/C9H18O3/c1-2-3-8-4-7(11)5-9(6-10)12-8/h7-11H,2-6H2,1H3/t7-,8?,9+/m1/s1. The Kier molecular flexibility index (Phi) is 3.98. The van der Waals surface area contributed by atoms with Crippen molar-refractivity contribution in [2.45, 2.75) is 50.9 Å². The van der Waals surface area contributed by atoms with Gasteiger partial charge in [-0.1, -0.05) is 13.3 Å². The van der Waals surface area contributed by atoms with Gasteiger partial charge in [-0.15, -0.1) is 0 Å². The summed E-state index contributed by atoms with van der Waals surface area (Å²) in [5.41, 5.74) is 0. The summed E-state index contributed by atoms with van der Waals surface area (Å²) in [6, 6.07) is 0. The van der Waals surface area contributed by atoms with Crippen LogP contribution in [0.15, 0.2) is 0 Å². The van der Waals surface area contributed by atoms with E-state index in [0.29, 0.717) is 6.42 Å². The van der Waals surface area contributed by atoms with Gasteiger partial charge in [-0.25, -0.2) is 0 Å². The van der Waals surface area contributed by atoms with Crippen LogP contribution in [0.2, 0.25) is 0 Å². The maximum absolute atomic E-state index is 9.42. The molecule has 1 heterocycles. The fraction of sp³-hybridized carbons (Fsp3) is 1.00. The maximum Gasteiger partial charge on any atom is 0.0834 e. The molecule has 1 aliphatic heterocycles. The van der Waals surface area contributed by atoms with E-state index in [1.165, 1.54) is 0 Å². The largest absolute Gasteiger partial charge is 0.394 e. The molecular formula is C9H18O3. The summed E-state index contributed by atoms with van der Waals surface area (Å²) in [4.78, 5) is 0. The van der Waals surface area contributed by atoms with Crippen molar-refractivity contribution >= 4 is 0 Å². The Bertz CT molecular complexity index is 127. The number of rotatable bonds is 3. The third-order valence-corrected chi connectivity index (χ3v) is 2.27. The van der Waals surface area contributed by atoms with Crippen LogP contribution in [0.5, 0.6) is 0 Å². The summed E-state index contributed by atoms with van der Waals surface area (Å²) >= 11 is 0. The third-order valence-electron chi connectivity index (χ3n) is 2.27.